The Morgan fingerprint density at radius 3 is 2.79 bits per heavy atom. The van der Waals surface area contributed by atoms with Crippen molar-refractivity contribution in [3.63, 3.8) is 0 Å². The van der Waals surface area contributed by atoms with Crippen LogP contribution in [0.1, 0.15) is 63.2 Å². The molecule has 3 fully saturated rings. The van der Waals surface area contributed by atoms with E-state index in [0.717, 1.165) is 25.7 Å². The number of anilines is 1. The van der Waals surface area contributed by atoms with Gasteiger partial charge in [-0.25, -0.2) is 8.78 Å². The molecule has 13 heteroatoms. The molecule has 4 aliphatic heterocycles. The van der Waals surface area contributed by atoms with E-state index in [1.54, 1.807) is 6.07 Å². The normalized spacial score (nSPS) is 24.8. The number of nitrogens with zero attached hydrogens (tertiary/aromatic N) is 5. The lowest BCUT2D eigenvalue weighted by atomic mass is 9.83. The number of terminal acetylenes is 1. The number of hydrogen-bond acceptors (Lipinski definition) is 10. The molecule has 11 nitrogen and oxygen atoms in total. The Labute approximate surface area is 308 Å². The van der Waals surface area contributed by atoms with Crippen molar-refractivity contribution in [1.82, 2.24) is 19.8 Å². The van der Waals surface area contributed by atoms with Gasteiger partial charge in [-0.1, -0.05) is 32.4 Å². The van der Waals surface area contributed by atoms with E-state index >= 15 is 4.39 Å². The third-order valence-corrected chi connectivity index (χ3v) is 11.4. The lowest BCUT2D eigenvalue weighted by molar-refractivity contribution is -0.126. The summed E-state index contributed by atoms with van der Waals surface area (Å²) in [5.41, 5.74) is -0.132. The van der Waals surface area contributed by atoms with Crippen LogP contribution in [0.3, 0.4) is 0 Å². The number of alkyl halides is 1. The number of hydrogen-bond donors (Lipinski definition) is 1. The molecular weight excluding hydrogens is 684 g/mol. The van der Waals surface area contributed by atoms with Crippen LogP contribution >= 0.6 is 0 Å². The van der Waals surface area contributed by atoms with Gasteiger partial charge in [-0.3, -0.25) is 9.69 Å². The molecule has 282 valence electrons. The van der Waals surface area contributed by atoms with Gasteiger partial charge in [-0.05, 0) is 61.3 Å². The standard InChI is InChI=1S/C40H47F2N5O6/c1-6-30-32(42)11-10-25-17-29(48)18-31(35(25)30)33-22-51-36-37(45(5)21-28-9-8-14-46(28)34(49)7-2)43-39(44-38(36)53-33)52-23-40(24(3)4)19-26(41)20-47(40)27-12-15-50-16-13-27/h1,7,10-11,17-18,24,26-28,33,48H,2,8-9,12-16,19-23H2,3-5H3/t26-,28+,33?,40+/m1/s1. The van der Waals surface area contributed by atoms with E-state index in [0.29, 0.717) is 61.4 Å². The maximum atomic E-state index is 15.3. The predicted molar refractivity (Wildman–Crippen MR) is 196 cm³/mol. The van der Waals surface area contributed by atoms with Crippen LogP contribution in [0.25, 0.3) is 10.8 Å². The minimum Gasteiger partial charge on any atom is -0.508 e. The summed E-state index contributed by atoms with van der Waals surface area (Å²) in [4.78, 5) is 28.2. The molecule has 7 rings (SSSR count). The second-order valence-electron chi connectivity index (χ2n) is 14.8. The van der Waals surface area contributed by atoms with Crippen molar-refractivity contribution in [3.8, 4) is 35.7 Å². The van der Waals surface area contributed by atoms with Crippen LogP contribution in [0.2, 0.25) is 0 Å². The quantitative estimate of drug-likeness (QED) is 0.210. The third kappa shape index (κ3) is 6.95. The maximum absolute atomic E-state index is 15.3. The second kappa shape index (κ2) is 15.0. The van der Waals surface area contributed by atoms with Gasteiger partial charge in [0.1, 0.15) is 31.0 Å². The molecule has 3 saturated heterocycles. The summed E-state index contributed by atoms with van der Waals surface area (Å²) in [6.07, 6.45) is 8.87. The highest BCUT2D eigenvalue weighted by Gasteiger charge is 2.51. The van der Waals surface area contributed by atoms with E-state index in [1.807, 2.05) is 16.8 Å². The number of aromatic hydroxyl groups is 1. The Bertz CT molecular complexity index is 1910. The lowest BCUT2D eigenvalue weighted by Gasteiger charge is -2.46. The van der Waals surface area contributed by atoms with Crippen LogP contribution < -0.4 is 19.1 Å². The van der Waals surface area contributed by atoms with E-state index < -0.39 is 23.6 Å². The van der Waals surface area contributed by atoms with Gasteiger partial charge in [0.05, 0.1) is 11.1 Å². The van der Waals surface area contributed by atoms with E-state index in [9.17, 15) is 14.3 Å². The fourth-order valence-corrected chi connectivity index (χ4v) is 8.63. The highest BCUT2D eigenvalue weighted by Crippen LogP contribution is 2.46. The minimum atomic E-state index is -1.00. The number of phenols is 1. The second-order valence-corrected chi connectivity index (χ2v) is 14.8. The molecule has 53 heavy (non-hydrogen) atoms. The van der Waals surface area contributed by atoms with E-state index in [1.165, 1.54) is 24.3 Å². The summed E-state index contributed by atoms with van der Waals surface area (Å²) < 4.78 is 55.3. The molecule has 0 aliphatic carbocycles. The smallest absolute Gasteiger partial charge is 0.322 e. The van der Waals surface area contributed by atoms with Crippen LogP contribution in [-0.2, 0) is 9.53 Å². The summed E-state index contributed by atoms with van der Waals surface area (Å²) in [5.74, 6) is 2.51. The molecule has 4 aliphatic rings. The fraction of sp³-hybridized carbons (Fsp3) is 0.525. The molecule has 5 heterocycles. The van der Waals surface area contributed by atoms with Crippen molar-refractivity contribution in [2.24, 2.45) is 5.92 Å². The van der Waals surface area contributed by atoms with Crippen molar-refractivity contribution in [2.75, 3.05) is 58.0 Å². The van der Waals surface area contributed by atoms with E-state index in [-0.39, 0.29) is 66.1 Å². The number of phenolic OH excluding ortho intramolecular Hbond substituents is 1. The van der Waals surface area contributed by atoms with Crippen LogP contribution in [-0.4, -0.2) is 108 Å². The third-order valence-electron chi connectivity index (χ3n) is 11.4. The molecule has 4 atom stereocenters. The summed E-state index contributed by atoms with van der Waals surface area (Å²) in [7, 11) is 1.86. The number of aromatic nitrogens is 2. The van der Waals surface area contributed by atoms with Gasteiger partial charge in [-0.15, -0.1) is 6.42 Å². The van der Waals surface area contributed by atoms with E-state index in [4.69, 9.17) is 35.3 Å². The molecule has 1 unspecified atom stereocenters. The summed E-state index contributed by atoms with van der Waals surface area (Å²) in [6, 6.07) is 5.92. The first-order valence-electron chi connectivity index (χ1n) is 18.4. The fourth-order valence-electron chi connectivity index (χ4n) is 8.63. The van der Waals surface area contributed by atoms with Gasteiger partial charge in [0.2, 0.25) is 11.7 Å². The zero-order chi connectivity index (χ0) is 37.4. The van der Waals surface area contributed by atoms with Crippen molar-refractivity contribution in [3.05, 3.63) is 53.9 Å². The molecule has 0 radical (unpaired) electrons. The zero-order valence-corrected chi connectivity index (χ0v) is 30.5. The number of fused-ring (bicyclic) bond motifs is 2. The first-order chi connectivity index (χ1) is 25.5. The highest BCUT2D eigenvalue weighted by atomic mass is 19.1. The summed E-state index contributed by atoms with van der Waals surface area (Å²) in [5, 5.41) is 11.6. The number of likely N-dealkylation sites (N-methyl/N-ethyl adjacent to an activating group) is 1. The maximum Gasteiger partial charge on any atom is 0.322 e. The summed E-state index contributed by atoms with van der Waals surface area (Å²) in [6.45, 7) is 10.6. The Morgan fingerprint density at radius 1 is 1.26 bits per heavy atom. The van der Waals surface area contributed by atoms with Crippen LogP contribution in [0.5, 0.6) is 23.4 Å². The molecule has 1 aromatic heterocycles. The number of rotatable bonds is 10. The van der Waals surface area contributed by atoms with Crippen molar-refractivity contribution >= 4 is 22.5 Å². The first-order valence-corrected chi connectivity index (χ1v) is 18.4. The van der Waals surface area contributed by atoms with Crippen molar-refractivity contribution in [1.29, 1.82) is 0 Å². The molecular formula is C40H47F2N5O6. The van der Waals surface area contributed by atoms with Gasteiger partial charge in [0.25, 0.3) is 5.88 Å². The average Bonchev–Trinajstić information content (AvgIpc) is 3.77. The van der Waals surface area contributed by atoms with Crippen molar-refractivity contribution < 1.29 is 37.6 Å². The number of halogens is 2. The largest absolute Gasteiger partial charge is 0.508 e. The molecule has 1 amide bonds. The topological polar surface area (TPSA) is 110 Å². The molecule has 1 N–H and O–H groups in total. The van der Waals surface area contributed by atoms with Gasteiger partial charge in [-0.2, -0.15) is 9.97 Å². The summed E-state index contributed by atoms with van der Waals surface area (Å²) >= 11 is 0. The Balaban J connectivity index is 1.25. The molecule has 0 saturated carbocycles. The minimum absolute atomic E-state index is 0.0185. The lowest BCUT2D eigenvalue weighted by Crippen LogP contribution is -2.57. The monoisotopic (exact) mass is 731 g/mol. The number of likely N-dealkylation sites (tertiary alicyclic amines) is 2. The predicted octanol–water partition coefficient (Wildman–Crippen LogP) is 5.58. The van der Waals surface area contributed by atoms with Crippen LogP contribution in [0, 0.1) is 24.1 Å². The Morgan fingerprint density at radius 2 is 2.06 bits per heavy atom. The molecule has 0 bridgehead atoms. The zero-order valence-electron chi connectivity index (χ0n) is 30.5. The van der Waals surface area contributed by atoms with Gasteiger partial charge in [0.15, 0.2) is 11.9 Å². The Kier molecular flexibility index (Phi) is 10.4. The van der Waals surface area contributed by atoms with Gasteiger partial charge < -0.3 is 33.9 Å². The van der Waals surface area contributed by atoms with Gasteiger partial charge in [0, 0.05) is 69.3 Å². The van der Waals surface area contributed by atoms with E-state index in [2.05, 4.69) is 31.2 Å². The average molecular weight is 732 g/mol. The highest BCUT2D eigenvalue weighted by molar-refractivity contribution is 5.93. The molecule has 0 spiro atoms. The number of amides is 1. The molecule has 2 aromatic carbocycles. The molecule has 3 aromatic rings. The number of carbonyl (C=O) groups excluding carboxylic acids is 1. The SMILES string of the molecule is C#Cc1c(F)ccc2cc(O)cc(C3COc4c(nc(OC[C@]5(C(C)C)C[C@@H](F)CN5C5CCOCC5)nc4N(C)C[C@@H]4CCCN4C(=O)C=C)O3)c12. The van der Waals surface area contributed by atoms with Crippen molar-refractivity contribution in [2.45, 2.75) is 75.8 Å². The van der Waals surface area contributed by atoms with Crippen LogP contribution in [0.15, 0.2) is 36.9 Å². The Hall–Kier alpha value is -4.67. The van der Waals surface area contributed by atoms with Crippen LogP contribution in [0.4, 0.5) is 14.6 Å². The number of carbonyl (C=O) groups is 1. The van der Waals surface area contributed by atoms with Gasteiger partial charge >= 0.3 is 6.01 Å². The number of benzene rings is 2. The first kappa shape index (κ1) is 36.7. The number of ether oxygens (including phenoxy) is 4.